The molecule has 0 aromatic carbocycles. The first-order chi connectivity index (χ1) is 8.10. The summed E-state index contributed by atoms with van der Waals surface area (Å²) in [4.78, 5) is 0. The molecule has 1 fully saturated rings. The second-order valence-electron chi connectivity index (χ2n) is 4.85. The van der Waals surface area contributed by atoms with Gasteiger partial charge in [-0.2, -0.15) is 13.2 Å². The standard InChI is InChI=1S/C10H18F3NO3S/c1-2-8-3-5-9(15,6-4-8)7-14-18(16,17)10(11,12)13/h8,14-15H,2-7H2,1H3. The summed E-state index contributed by atoms with van der Waals surface area (Å²) in [5.41, 5.74) is -6.69. The van der Waals surface area contributed by atoms with E-state index in [0.717, 1.165) is 6.42 Å². The SMILES string of the molecule is CCC1CCC(O)(CNS(=O)(=O)C(F)(F)F)CC1. The zero-order valence-corrected chi connectivity index (χ0v) is 10.9. The minimum absolute atomic E-state index is 0.325. The second kappa shape index (κ2) is 5.34. The number of hydrogen-bond acceptors (Lipinski definition) is 3. The lowest BCUT2D eigenvalue weighted by atomic mass is 9.78. The third kappa shape index (κ3) is 3.83. The van der Waals surface area contributed by atoms with E-state index in [9.17, 15) is 26.7 Å². The van der Waals surface area contributed by atoms with Crippen LogP contribution in [0.5, 0.6) is 0 Å². The van der Waals surface area contributed by atoms with Crippen LogP contribution < -0.4 is 4.72 Å². The molecule has 0 unspecified atom stereocenters. The van der Waals surface area contributed by atoms with Gasteiger partial charge in [0.15, 0.2) is 0 Å². The van der Waals surface area contributed by atoms with Crippen molar-refractivity contribution >= 4 is 10.0 Å². The highest BCUT2D eigenvalue weighted by Gasteiger charge is 2.47. The lowest BCUT2D eigenvalue weighted by Crippen LogP contribution is -2.48. The normalized spacial score (nSPS) is 30.4. The molecule has 0 amide bonds. The minimum Gasteiger partial charge on any atom is -0.389 e. The predicted octanol–water partition coefficient (Wildman–Crippen LogP) is 1.76. The fourth-order valence-corrected chi connectivity index (χ4v) is 2.73. The molecule has 18 heavy (non-hydrogen) atoms. The van der Waals surface area contributed by atoms with Gasteiger partial charge in [-0.3, -0.25) is 0 Å². The summed E-state index contributed by atoms with van der Waals surface area (Å²) < 4.78 is 59.4. The Bertz CT molecular complexity index is 372. The molecule has 108 valence electrons. The maximum atomic E-state index is 12.1. The average Bonchev–Trinajstić information content (AvgIpc) is 2.26. The van der Waals surface area contributed by atoms with Gasteiger partial charge in [-0.15, -0.1) is 0 Å². The van der Waals surface area contributed by atoms with Gasteiger partial charge in [0.05, 0.1) is 5.60 Å². The van der Waals surface area contributed by atoms with Crippen molar-refractivity contribution < 1.29 is 26.7 Å². The average molecular weight is 289 g/mol. The van der Waals surface area contributed by atoms with Crippen molar-refractivity contribution in [2.24, 2.45) is 5.92 Å². The van der Waals surface area contributed by atoms with Crippen LogP contribution >= 0.6 is 0 Å². The molecule has 1 saturated carbocycles. The molecule has 4 nitrogen and oxygen atoms in total. The Morgan fingerprint density at radius 1 is 1.33 bits per heavy atom. The highest BCUT2D eigenvalue weighted by atomic mass is 32.2. The number of hydrogen-bond donors (Lipinski definition) is 2. The van der Waals surface area contributed by atoms with E-state index in [0.29, 0.717) is 31.6 Å². The molecule has 1 rings (SSSR count). The van der Waals surface area contributed by atoms with Crippen molar-refractivity contribution in [3.05, 3.63) is 0 Å². The lowest BCUT2D eigenvalue weighted by Gasteiger charge is -2.35. The van der Waals surface area contributed by atoms with E-state index in [1.807, 2.05) is 6.92 Å². The molecular weight excluding hydrogens is 271 g/mol. The Morgan fingerprint density at radius 2 is 1.83 bits per heavy atom. The molecule has 0 aliphatic heterocycles. The van der Waals surface area contributed by atoms with E-state index in [-0.39, 0.29) is 0 Å². The van der Waals surface area contributed by atoms with E-state index in [2.05, 4.69) is 0 Å². The van der Waals surface area contributed by atoms with Crippen molar-refractivity contribution in [1.82, 2.24) is 4.72 Å². The van der Waals surface area contributed by atoms with Crippen molar-refractivity contribution in [3.8, 4) is 0 Å². The van der Waals surface area contributed by atoms with Crippen LogP contribution in [-0.4, -0.2) is 31.2 Å². The number of alkyl halides is 3. The Labute approximate surface area is 105 Å². The van der Waals surface area contributed by atoms with Crippen LogP contribution in [0.1, 0.15) is 39.0 Å². The van der Waals surface area contributed by atoms with Crippen LogP contribution in [0.3, 0.4) is 0 Å². The molecule has 0 aromatic rings. The maximum absolute atomic E-state index is 12.1. The topological polar surface area (TPSA) is 66.4 Å². The van der Waals surface area contributed by atoms with Crippen LogP contribution in [0.4, 0.5) is 13.2 Å². The Morgan fingerprint density at radius 3 is 2.22 bits per heavy atom. The molecule has 1 aliphatic carbocycles. The molecule has 0 aromatic heterocycles. The fourth-order valence-electron chi connectivity index (χ4n) is 2.11. The number of halogens is 3. The molecule has 0 radical (unpaired) electrons. The number of aliphatic hydroxyl groups is 1. The third-order valence-corrected chi connectivity index (χ3v) is 4.64. The van der Waals surface area contributed by atoms with Gasteiger partial charge in [0.25, 0.3) is 0 Å². The maximum Gasteiger partial charge on any atom is 0.511 e. The molecular formula is C10H18F3NO3S. The van der Waals surface area contributed by atoms with E-state index in [1.54, 1.807) is 0 Å². The van der Waals surface area contributed by atoms with Crippen molar-refractivity contribution in [3.63, 3.8) is 0 Å². The van der Waals surface area contributed by atoms with E-state index in [4.69, 9.17) is 0 Å². The number of rotatable bonds is 4. The van der Waals surface area contributed by atoms with E-state index >= 15 is 0 Å². The zero-order valence-electron chi connectivity index (χ0n) is 10.1. The molecule has 2 N–H and O–H groups in total. The summed E-state index contributed by atoms with van der Waals surface area (Å²) in [5.74, 6) is 0.462. The monoisotopic (exact) mass is 289 g/mol. The Kier molecular flexibility index (Phi) is 4.66. The quantitative estimate of drug-likeness (QED) is 0.828. The lowest BCUT2D eigenvalue weighted by molar-refractivity contribution is -0.0466. The smallest absolute Gasteiger partial charge is 0.389 e. The fraction of sp³-hybridized carbons (Fsp3) is 1.00. The Hall–Kier alpha value is -0.340. The summed E-state index contributed by atoms with van der Waals surface area (Å²) in [5, 5.41) is 10.0. The number of nitrogens with one attached hydrogen (secondary N) is 1. The molecule has 0 heterocycles. The first kappa shape index (κ1) is 15.7. The van der Waals surface area contributed by atoms with Crippen LogP contribution in [-0.2, 0) is 10.0 Å². The van der Waals surface area contributed by atoms with Gasteiger partial charge in [-0.1, -0.05) is 13.3 Å². The molecule has 0 saturated heterocycles. The molecule has 1 aliphatic rings. The molecule has 8 heteroatoms. The second-order valence-corrected chi connectivity index (χ2v) is 6.60. The first-order valence-corrected chi connectivity index (χ1v) is 7.36. The van der Waals surface area contributed by atoms with Gasteiger partial charge in [-0.25, -0.2) is 13.1 Å². The van der Waals surface area contributed by atoms with E-state index < -0.39 is 27.7 Å². The molecule has 0 atom stereocenters. The first-order valence-electron chi connectivity index (χ1n) is 5.88. The summed E-state index contributed by atoms with van der Waals surface area (Å²) >= 11 is 0. The van der Waals surface area contributed by atoms with Crippen molar-refractivity contribution in [2.75, 3.05) is 6.54 Å². The minimum atomic E-state index is -5.36. The Balaban J connectivity index is 2.54. The summed E-state index contributed by atoms with van der Waals surface area (Å²) in [7, 11) is -5.36. The molecule has 0 bridgehead atoms. The largest absolute Gasteiger partial charge is 0.511 e. The van der Waals surface area contributed by atoms with Crippen LogP contribution in [0.2, 0.25) is 0 Å². The summed E-state index contributed by atoms with van der Waals surface area (Å²) in [6.07, 6.45) is 3.03. The van der Waals surface area contributed by atoms with Crippen LogP contribution in [0.25, 0.3) is 0 Å². The van der Waals surface area contributed by atoms with Crippen LogP contribution in [0, 0.1) is 5.92 Å². The van der Waals surface area contributed by atoms with Gasteiger partial charge >= 0.3 is 15.5 Å². The highest BCUT2D eigenvalue weighted by Crippen LogP contribution is 2.33. The highest BCUT2D eigenvalue weighted by molar-refractivity contribution is 7.90. The van der Waals surface area contributed by atoms with Gasteiger partial charge < -0.3 is 5.11 Å². The van der Waals surface area contributed by atoms with Gasteiger partial charge in [-0.05, 0) is 31.6 Å². The van der Waals surface area contributed by atoms with Gasteiger partial charge in [0.1, 0.15) is 0 Å². The summed E-state index contributed by atoms with van der Waals surface area (Å²) in [6.45, 7) is 1.44. The van der Waals surface area contributed by atoms with Gasteiger partial charge in [0.2, 0.25) is 0 Å². The van der Waals surface area contributed by atoms with Gasteiger partial charge in [0, 0.05) is 6.54 Å². The van der Waals surface area contributed by atoms with Crippen LogP contribution in [0.15, 0.2) is 0 Å². The zero-order chi connectivity index (χ0) is 14.0. The molecule has 0 spiro atoms. The number of sulfonamides is 1. The third-order valence-electron chi connectivity index (χ3n) is 3.51. The van der Waals surface area contributed by atoms with Crippen molar-refractivity contribution in [2.45, 2.75) is 50.1 Å². The van der Waals surface area contributed by atoms with Crippen molar-refractivity contribution in [1.29, 1.82) is 0 Å². The van der Waals surface area contributed by atoms with E-state index in [1.165, 1.54) is 4.72 Å². The predicted molar refractivity (Wildman–Crippen MR) is 60.2 cm³/mol. The summed E-state index contributed by atoms with van der Waals surface area (Å²) in [6, 6.07) is 0.